The molecule has 0 aliphatic carbocycles. The predicted octanol–water partition coefficient (Wildman–Crippen LogP) is 5.21. The second kappa shape index (κ2) is 8.49. The largest absolute Gasteiger partial charge is 0.446 e. The fourth-order valence-corrected chi connectivity index (χ4v) is 2.94. The molecule has 3 aromatic carbocycles. The first-order valence-corrected chi connectivity index (χ1v) is 9.64. The smallest absolute Gasteiger partial charge is 0.361 e. The van der Waals surface area contributed by atoms with Gasteiger partial charge in [0.1, 0.15) is 0 Å². The van der Waals surface area contributed by atoms with Crippen molar-refractivity contribution in [1.29, 1.82) is 0 Å². The zero-order chi connectivity index (χ0) is 19.1. The number of benzene rings is 3. The van der Waals surface area contributed by atoms with Gasteiger partial charge in [-0.25, -0.2) is 0 Å². The van der Waals surface area contributed by atoms with E-state index in [1.165, 1.54) is 6.07 Å². The lowest BCUT2D eigenvalue weighted by molar-refractivity contribution is 0.386. The summed E-state index contributed by atoms with van der Waals surface area (Å²) in [6, 6.07) is 24.4. The molecule has 4 nitrogen and oxygen atoms in total. The molecule has 0 aliphatic heterocycles. The van der Waals surface area contributed by atoms with Crippen LogP contribution in [0.25, 0.3) is 24.3 Å². The lowest BCUT2D eigenvalue weighted by Gasteiger charge is -2.09. The van der Waals surface area contributed by atoms with Crippen molar-refractivity contribution in [2.45, 2.75) is 0 Å². The molecule has 0 aromatic heterocycles. The average molecular weight is 378 g/mol. The van der Waals surface area contributed by atoms with Gasteiger partial charge in [-0.05, 0) is 28.8 Å². The Morgan fingerprint density at radius 1 is 0.667 bits per heavy atom. The Balaban J connectivity index is 2.02. The molecule has 5 heteroatoms. The van der Waals surface area contributed by atoms with Gasteiger partial charge in [0, 0.05) is 5.56 Å². The van der Waals surface area contributed by atoms with Gasteiger partial charge in [-0.15, -0.1) is 0 Å². The van der Waals surface area contributed by atoms with Crippen LogP contribution >= 0.6 is 0 Å². The van der Waals surface area contributed by atoms with E-state index in [1.54, 1.807) is 12.1 Å². The van der Waals surface area contributed by atoms with E-state index in [0.717, 1.165) is 16.7 Å². The van der Waals surface area contributed by atoms with Crippen LogP contribution in [0.1, 0.15) is 22.3 Å². The predicted molar refractivity (Wildman–Crippen MR) is 109 cm³/mol. The Kier molecular flexibility index (Phi) is 5.86. The van der Waals surface area contributed by atoms with Crippen LogP contribution in [0.15, 0.2) is 78.9 Å². The summed E-state index contributed by atoms with van der Waals surface area (Å²) in [4.78, 5) is 0. The van der Waals surface area contributed by atoms with Crippen molar-refractivity contribution in [3.05, 3.63) is 101 Å². The van der Waals surface area contributed by atoms with Gasteiger partial charge in [0.25, 0.3) is 0 Å². The molecule has 0 spiro atoms. The van der Waals surface area contributed by atoms with Crippen molar-refractivity contribution in [3.8, 4) is 5.75 Å². The minimum Gasteiger partial charge on any atom is -0.361 e. The first-order chi connectivity index (χ1) is 13.0. The van der Waals surface area contributed by atoms with Crippen LogP contribution in [0.4, 0.5) is 0 Å². The van der Waals surface area contributed by atoms with Gasteiger partial charge >= 0.3 is 10.4 Å². The summed E-state index contributed by atoms with van der Waals surface area (Å²) >= 11 is 0. The second-order valence-corrected chi connectivity index (χ2v) is 6.78. The molecule has 0 atom stereocenters. The highest BCUT2D eigenvalue weighted by atomic mass is 32.3. The van der Waals surface area contributed by atoms with E-state index in [0.29, 0.717) is 5.56 Å². The van der Waals surface area contributed by atoms with Crippen LogP contribution in [0.2, 0.25) is 0 Å². The Bertz CT molecular complexity index is 1050. The van der Waals surface area contributed by atoms with Crippen molar-refractivity contribution in [1.82, 2.24) is 0 Å². The topological polar surface area (TPSA) is 63.6 Å². The fraction of sp³-hybridized carbons (Fsp3) is 0. The van der Waals surface area contributed by atoms with E-state index >= 15 is 0 Å². The molecular formula is C22H18O4S. The Morgan fingerprint density at radius 2 is 1.22 bits per heavy atom. The van der Waals surface area contributed by atoms with E-state index in [9.17, 15) is 8.42 Å². The van der Waals surface area contributed by atoms with Gasteiger partial charge in [0.2, 0.25) is 0 Å². The highest BCUT2D eigenvalue weighted by molar-refractivity contribution is 7.81. The SMILES string of the molecule is O=S(=O)(O)Oc1cccc(/C=C/c2ccccc2)c1/C=C/c1ccccc1. The molecule has 0 unspecified atom stereocenters. The average Bonchev–Trinajstić information content (AvgIpc) is 2.66. The molecule has 0 amide bonds. The number of hydrogen-bond acceptors (Lipinski definition) is 3. The zero-order valence-corrected chi connectivity index (χ0v) is 15.2. The Morgan fingerprint density at radius 3 is 1.78 bits per heavy atom. The van der Waals surface area contributed by atoms with Gasteiger partial charge in [-0.1, -0.05) is 91.0 Å². The molecule has 3 rings (SSSR count). The van der Waals surface area contributed by atoms with Gasteiger partial charge in [0.15, 0.2) is 5.75 Å². The van der Waals surface area contributed by atoms with Crippen LogP contribution < -0.4 is 4.18 Å². The van der Waals surface area contributed by atoms with Gasteiger partial charge in [-0.2, -0.15) is 8.42 Å². The molecule has 0 fully saturated rings. The number of rotatable bonds is 6. The van der Waals surface area contributed by atoms with E-state index < -0.39 is 10.4 Å². The lowest BCUT2D eigenvalue weighted by Crippen LogP contribution is -2.08. The minimum atomic E-state index is -4.62. The van der Waals surface area contributed by atoms with Crippen LogP contribution in [-0.2, 0) is 10.4 Å². The van der Waals surface area contributed by atoms with Crippen LogP contribution in [0.3, 0.4) is 0 Å². The van der Waals surface area contributed by atoms with Crippen molar-refractivity contribution in [2.75, 3.05) is 0 Å². The maximum absolute atomic E-state index is 11.2. The third-order valence-electron chi connectivity index (χ3n) is 3.79. The van der Waals surface area contributed by atoms with E-state index in [1.807, 2.05) is 85.0 Å². The molecule has 1 N–H and O–H groups in total. The molecule has 3 aromatic rings. The molecule has 0 radical (unpaired) electrons. The fourth-order valence-electron chi connectivity index (χ4n) is 2.56. The molecule has 0 heterocycles. The highest BCUT2D eigenvalue weighted by Gasteiger charge is 2.12. The summed E-state index contributed by atoms with van der Waals surface area (Å²) in [6.07, 6.45) is 7.41. The quantitative estimate of drug-likeness (QED) is 0.472. The molecule has 27 heavy (non-hydrogen) atoms. The zero-order valence-electron chi connectivity index (χ0n) is 14.4. The number of hydrogen-bond donors (Lipinski definition) is 1. The first kappa shape index (κ1) is 18.6. The van der Waals surface area contributed by atoms with Crippen LogP contribution in [0.5, 0.6) is 5.75 Å². The standard InChI is InChI=1S/C22H18O4S/c23-27(24,25)26-22-13-7-12-20(16-14-18-8-3-1-4-9-18)21(22)17-15-19-10-5-2-6-11-19/h1-17H,(H,23,24,25)/b16-14+,17-15+. The van der Waals surface area contributed by atoms with Crippen molar-refractivity contribution >= 4 is 34.7 Å². The summed E-state index contributed by atoms with van der Waals surface area (Å²) in [5.41, 5.74) is 3.27. The second-order valence-electron chi connectivity index (χ2n) is 5.76. The summed E-state index contributed by atoms with van der Waals surface area (Å²) in [7, 11) is -4.62. The van der Waals surface area contributed by atoms with Crippen molar-refractivity contribution < 1.29 is 17.2 Å². The highest BCUT2D eigenvalue weighted by Crippen LogP contribution is 2.27. The Labute approximate surface area is 159 Å². The van der Waals surface area contributed by atoms with Gasteiger partial charge < -0.3 is 4.18 Å². The summed E-state index contributed by atoms with van der Waals surface area (Å²) in [6.45, 7) is 0. The molecule has 136 valence electrons. The molecule has 0 bridgehead atoms. The third kappa shape index (κ3) is 5.67. The van der Waals surface area contributed by atoms with Crippen molar-refractivity contribution in [2.24, 2.45) is 0 Å². The summed E-state index contributed by atoms with van der Waals surface area (Å²) in [5.74, 6) is 0.0555. The first-order valence-electron chi connectivity index (χ1n) is 8.27. The van der Waals surface area contributed by atoms with E-state index in [2.05, 4.69) is 0 Å². The van der Waals surface area contributed by atoms with Crippen LogP contribution in [-0.4, -0.2) is 13.0 Å². The van der Waals surface area contributed by atoms with Crippen LogP contribution in [0, 0.1) is 0 Å². The molecular weight excluding hydrogens is 360 g/mol. The van der Waals surface area contributed by atoms with E-state index in [-0.39, 0.29) is 5.75 Å². The molecule has 0 aliphatic rings. The summed E-state index contributed by atoms with van der Waals surface area (Å²) in [5, 5.41) is 0. The molecule has 0 saturated heterocycles. The third-order valence-corrected chi connectivity index (χ3v) is 4.18. The normalized spacial score (nSPS) is 11.9. The summed E-state index contributed by atoms with van der Waals surface area (Å²) < 4.78 is 36.3. The maximum Gasteiger partial charge on any atom is 0.446 e. The maximum atomic E-state index is 11.2. The minimum absolute atomic E-state index is 0.0555. The van der Waals surface area contributed by atoms with Gasteiger partial charge in [0.05, 0.1) is 0 Å². The van der Waals surface area contributed by atoms with E-state index in [4.69, 9.17) is 8.74 Å². The van der Waals surface area contributed by atoms with Crippen molar-refractivity contribution in [3.63, 3.8) is 0 Å². The van der Waals surface area contributed by atoms with Gasteiger partial charge in [-0.3, -0.25) is 4.55 Å². The lowest BCUT2D eigenvalue weighted by atomic mass is 10.0. The monoisotopic (exact) mass is 378 g/mol. The molecule has 0 saturated carbocycles. The Hall–Kier alpha value is -3.15.